The summed E-state index contributed by atoms with van der Waals surface area (Å²) in [7, 11) is 0. The lowest BCUT2D eigenvalue weighted by molar-refractivity contribution is -0.144. The van der Waals surface area contributed by atoms with Crippen molar-refractivity contribution < 1.29 is 14.7 Å². The second-order valence-corrected chi connectivity index (χ2v) is 6.05. The van der Waals surface area contributed by atoms with E-state index >= 15 is 0 Å². The summed E-state index contributed by atoms with van der Waals surface area (Å²) in [6.45, 7) is 2.89. The van der Waals surface area contributed by atoms with Gasteiger partial charge < -0.3 is 10.4 Å². The van der Waals surface area contributed by atoms with Crippen molar-refractivity contribution in [3.63, 3.8) is 0 Å². The van der Waals surface area contributed by atoms with Gasteiger partial charge in [0.25, 0.3) is 0 Å². The molecule has 0 amide bonds. The minimum atomic E-state index is -1.97. The number of hydrogen-bond donors (Lipinski definition) is 2. The molecule has 0 aromatic heterocycles. The summed E-state index contributed by atoms with van der Waals surface area (Å²) in [5.41, 5.74) is -0.285. The molecule has 2 rings (SSSR count). The summed E-state index contributed by atoms with van der Waals surface area (Å²) in [6.07, 6.45) is 2.82. The van der Waals surface area contributed by atoms with Crippen LogP contribution in [0.25, 0.3) is 0 Å². The molecule has 0 saturated heterocycles. The topological polar surface area (TPSA) is 66.4 Å². The highest BCUT2D eigenvalue weighted by Gasteiger charge is 2.42. The quantitative estimate of drug-likeness (QED) is 0.468. The summed E-state index contributed by atoms with van der Waals surface area (Å²) in [4.78, 5) is 23.7. The van der Waals surface area contributed by atoms with Crippen LogP contribution in [0.5, 0.6) is 0 Å². The molecule has 104 valence electrons. The predicted molar refractivity (Wildman–Crippen MR) is 85.3 cm³/mol. The largest absolute Gasteiger partial charge is 0.374 e. The predicted octanol–water partition coefficient (Wildman–Crippen LogP) is 2.44. The zero-order chi connectivity index (χ0) is 14.9. The highest BCUT2D eigenvalue weighted by Crippen LogP contribution is 2.26. The molecule has 1 atom stereocenters. The SMILES string of the molecule is CC1=CC(=O)[C@@](C)(O)C(=O)/C1=C\Nc1ccc(I)cc1. The van der Waals surface area contributed by atoms with Gasteiger partial charge in [0.1, 0.15) is 0 Å². The van der Waals surface area contributed by atoms with Crippen LogP contribution >= 0.6 is 22.6 Å². The van der Waals surface area contributed by atoms with Gasteiger partial charge in [-0.1, -0.05) is 0 Å². The number of halogens is 1. The van der Waals surface area contributed by atoms with Gasteiger partial charge in [-0.05, 0) is 72.4 Å². The van der Waals surface area contributed by atoms with Gasteiger partial charge >= 0.3 is 0 Å². The fourth-order valence-electron chi connectivity index (χ4n) is 1.85. The maximum Gasteiger partial charge on any atom is 0.203 e. The fraction of sp³-hybridized carbons (Fsp3) is 0.200. The molecule has 1 aliphatic rings. The van der Waals surface area contributed by atoms with Crippen LogP contribution in [-0.2, 0) is 9.59 Å². The van der Waals surface area contributed by atoms with E-state index in [0.717, 1.165) is 9.26 Å². The number of allylic oxidation sites excluding steroid dienone is 1. The number of aliphatic hydroxyl groups is 1. The zero-order valence-corrected chi connectivity index (χ0v) is 13.3. The molecule has 20 heavy (non-hydrogen) atoms. The molecule has 0 aliphatic heterocycles. The number of benzene rings is 1. The van der Waals surface area contributed by atoms with Crippen molar-refractivity contribution in [1.29, 1.82) is 0 Å². The van der Waals surface area contributed by atoms with Crippen LogP contribution in [0, 0.1) is 3.57 Å². The monoisotopic (exact) mass is 383 g/mol. The standard InChI is InChI=1S/C15H14INO3/c1-9-7-13(18)15(2,20)14(19)12(9)8-17-11-5-3-10(16)4-6-11/h3-8,17,20H,1-2H3/b12-8-/t15-/m1/s1. The normalized spacial score (nSPS) is 24.8. The maximum atomic E-state index is 12.1. The fourth-order valence-corrected chi connectivity index (χ4v) is 2.21. The Morgan fingerprint density at radius 1 is 1.25 bits per heavy atom. The number of anilines is 1. The van der Waals surface area contributed by atoms with Crippen LogP contribution in [0.4, 0.5) is 5.69 Å². The zero-order valence-electron chi connectivity index (χ0n) is 11.1. The number of ketones is 2. The molecule has 5 heteroatoms. The van der Waals surface area contributed by atoms with Crippen LogP contribution in [0.1, 0.15) is 13.8 Å². The summed E-state index contributed by atoms with van der Waals surface area (Å²) < 4.78 is 1.11. The van der Waals surface area contributed by atoms with Gasteiger partial charge in [0.2, 0.25) is 5.78 Å². The Labute approximate surface area is 130 Å². The molecule has 0 radical (unpaired) electrons. The first-order chi connectivity index (χ1) is 9.32. The van der Waals surface area contributed by atoms with Gasteiger partial charge in [-0.3, -0.25) is 9.59 Å². The van der Waals surface area contributed by atoms with E-state index < -0.39 is 17.2 Å². The average Bonchev–Trinajstić information content (AvgIpc) is 2.39. The molecular formula is C15H14INO3. The van der Waals surface area contributed by atoms with E-state index in [9.17, 15) is 14.7 Å². The lowest BCUT2D eigenvalue weighted by atomic mass is 9.82. The van der Waals surface area contributed by atoms with Crippen molar-refractivity contribution in [3.05, 3.63) is 51.3 Å². The molecule has 0 spiro atoms. The lowest BCUT2D eigenvalue weighted by Gasteiger charge is -2.25. The highest BCUT2D eigenvalue weighted by molar-refractivity contribution is 14.1. The van der Waals surface area contributed by atoms with Crippen molar-refractivity contribution in [2.24, 2.45) is 0 Å². The summed E-state index contributed by atoms with van der Waals surface area (Å²) >= 11 is 2.20. The Kier molecular flexibility index (Phi) is 4.10. The lowest BCUT2D eigenvalue weighted by Crippen LogP contribution is -2.46. The molecule has 0 unspecified atom stereocenters. The van der Waals surface area contributed by atoms with Crippen LogP contribution in [0.15, 0.2) is 47.7 Å². The van der Waals surface area contributed by atoms with E-state index in [1.54, 1.807) is 6.92 Å². The molecule has 0 saturated carbocycles. The van der Waals surface area contributed by atoms with Crippen LogP contribution in [-0.4, -0.2) is 22.3 Å². The van der Waals surface area contributed by atoms with Gasteiger partial charge in [0, 0.05) is 21.0 Å². The molecule has 4 nitrogen and oxygen atoms in total. The molecule has 0 heterocycles. The molecule has 0 bridgehead atoms. The molecular weight excluding hydrogens is 369 g/mol. The Hall–Kier alpha value is -1.47. The van der Waals surface area contributed by atoms with E-state index in [4.69, 9.17) is 0 Å². The second-order valence-electron chi connectivity index (χ2n) is 4.80. The van der Waals surface area contributed by atoms with Crippen LogP contribution < -0.4 is 5.32 Å². The van der Waals surface area contributed by atoms with Crippen molar-refractivity contribution >= 4 is 39.8 Å². The van der Waals surface area contributed by atoms with Crippen molar-refractivity contribution in [3.8, 4) is 0 Å². The van der Waals surface area contributed by atoms with Crippen molar-refractivity contribution in [1.82, 2.24) is 0 Å². The molecule has 1 aliphatic carbocycles. The summed E-state index contributed by atoms with van der Waals surface area (Å²) in [6, 6.07) is 7.64. The van der Waals surface area contributed by atoms with E-state index in [1.807, 2.05) is 24.3 Å². The first-order valence-electron chi connectivity index (χ1n) is 6.05. The van der Waals surface area contributed by atoms with Gasteiger partial charge in [0.05, 0.1) is 0 Å². The van der Waals surface area contributed by atoms with Crippen LogP contribution in [0.2, 0.25) is 0 Å². The van der Waals surface area contributed by atoms with E-state index in [1.165, 1.54) is 19.2 Å². The third-order valence-electron chi connectivity index (χ3n) is 3.17. The third-order valence-corrected chi connectivity index (χ3v) is 3.89. The van der Waals surface area contributed by atoms with E-state index in [0.29, 0.717) is 11.1 Å². The smallest absolute Gasteiger partial charge is 0.203 e. The number of carbonyl (C=O) groups is 2. The summed E-state index contributed by atoms with van der Waals surface area (Å²) in [5, 5.41) is 12.9. The van der Waals surface area contributed by atoms with Gasteiger partial charge in [-0.15, -0.1) is 0 Å². The minimum absolute atomic E-state index is 0.313. The molecule has 1 aromatic carbocycles. The van der Waals surface area contributed by atoms with E-state index in [2.05, 4.69) is 27.9 Å². The Morgan fingerprint density at radius 3 is 2.45 bits per heavy atom. The highest BCUT2D eigenvalue weighted by atomic mass is 127. The first kappa shape index (κ1) is 14.9. The van der Waals surface area contributed by atoms with E-state index in [-0.39, 0.29) is 0 Å². The molecule has 0 fully saturated rings. The maximum absolute atomic E-state index is 12.1. The Morgan fingerprint density at radius 2 is 1.85 bits per heavy atom. The van der Waals surface area contributed by atoms with Gasteiger partial charge in [-0.2, -0.15) is 0 Å². The number of carbonyl (C=O) groups excluding carboxylic acids is 2. The van der Waals surface area contributed by atoms with Gasteiger partial charge in [0.15, 0.2) is 11.4 Å². The van der Waals surface area contributed by atoms with Crippen LogP contribution in [0.3, 0.4) is 0 Å². The van der Waals surface area contributed by atoms with Crippen molar-refractivity contribution in [2.45, 2.75) is 19.4 Å². The first-order valence-corrected chi connectivity index (χ1v) is 7.13. The summed E-state index contributed by atoms with van der Waals surface area (Å²) in [5.74, 6) is -1.16. The number of Topliss-reactive ketones (excluding diaryl/α,β-unsaturated/α-hetero) is 1. The average molecular weight is 383 g/mol. The minimum Gasteiger partial charge on any atom is -0.374 e. The Balaban J connectivity index is 2.29. The Bertz CT molecular complexity index is 627. The number of rotatable bonds is 2. The second kappa shape index (κ2) is 5.49. The molecule has 2 N–H and O–H groups in total. The third kappa shape index (κ3) is 2.83. The van der Waals surface area contributed by atoms with Gasteiger partial charge in [-0.25, -0.2) is 0 Å². The number of nitrogens with one attached hydrogen (secondary N) is 1. The molecule has 1 aromatic rings. The van der Waals surface area contributed by atoms with Crippen molar-refractivity contribution in [2.75, 3.05) is 5.32 Å². The number of hydrogen-bond acceptors (Lipinski definition) is 4.